The first-order chi connectivity index (χ1) is 12.8. The summed E-state index contributed by atoms with van der Waals surface area (Å²) in [4.78, 5) is 12.3. The molecule has 3 aliphatic rings. The molecule has 1 aromatic carbocycles. The van der Waals surface area contributed by atoms with Gasteiger partial charge >= 0.3 is 6.03 Å². The number of carbonyl (C=O) groups excluding carboxylic acids is 1. The van der Waals surface area contributed by atoms with Crippen molar-refractivity contribution in [1.29, 1.82) is 0 Å². The number of rotatable bonds is 5. The molecule has 5 nitrogen and oxygen atoms in total. The third-order valence-corrected chi connectivity index (χ3v) is 6.06. The van der Waals surface area contributed by atoms with E-state index < -0.39 is 0 Å². The van der Waals surface area contributed by atoms with Crippen LogP contribution in [0.5, 0.6) is 0 Å². The number of benzene rings is 1. The standard InChI is InChI=1S/C21H30N2O3/c24-21(22-17-9-5-2-6-10-17)23-18-14-26-19-16(13-25-20(18)19)12-11-15-7-3-1-4-8-15/h1,3-4,7-8,16-20H,2,5-6,9-14H2,(H2,22,23,24)/t16-,18-,19+,20+/m0/s1. The number of urea groups is 1. The monoisotopic (exact) mass is 358 g/mol. The van der Waals surface area contributed by atoms with E-state index in [0.29, 0.717) is 18.6 Å². The molecule has 142 valence electrons. The number of ether oxygens (including phenoxy) is 2. The smallest absolute Gasteiger partial charge is 0.315 e. The SMILES string of the molecule is O=C(NC1CCCCC1)N[C@H]1CO[C@@H]2[C@@H](CCc3ccccc3)CO[C@@H]21. The Labute approximate surface area is 155 Å². The van der Waals surface area contributed by atoms with E-state index in [0.717, 1.165) is 32.3 Å². The fourth-order valence-corrected chi connectivity index (χ4v) is 4.59. The predicted molar refractivity (Wildman–Crippen MR) is 100 cm³/mol. The van der Waals surface area contributed by atoms with Crippen molar-refractivity contribution in [2.45, 2.75) is 69.2 Å². The van der Waals surface area contributed by atoms with Crippen molar-refractivity contribution in [3.05, 3.63) is 35.9 Å². The van der Waals surface area contributed by atoms with Crippen LogP contribution in [0, 0.1) is 5.92 Å². The maximum Gasteiger partial charge on any atom is 0.315 e. The highest BCUT2D eigenvalue weighted by molar-refractivity contribution is 5.74. The average molecular weight is 358 g/mol. The third-order valence-electron chi connectivity index (χ3n) is 6.06. The molecule has 1 aliphatic carbocycles. The number of hydrogen-bond acceptors (Lipinski definition) is 3. The molecule has 1 aromatic rings. The van der Waals surface area contributed by atoms with Crippen molar-refractivity contribution in [2.24, 2.45) is 5.92 Å². The molecular weight excluding hydrogens is 328 g/mol. The summed E-state index contributed by atoms with van der Waals surface area (Å²) >= 11 is 0. The van der Waals surface area contributed by atoms with Crippen LogP contribution >= 0.6 is 0 Å². The highest BCUT2D eigenvalue weighted by atomic mass is 16.6. The minimum Gasteiger partial charge on any atom is -0.373 e. The van der Waals surface area contributed by atoms with Gasteiger partial charge in [0.2, 0.25) is 0 Å². The summed E-state index contributed by atoms with van der Waals surface area (Å²) in [6.07, 6.45) is 8.12. The van der Waals surface area contributed by atoms with E-state index in [1.807, 2.05) is 6.07 Å². The van der Waals surface area contributed by atoms with E-state index in [-0.39, 0.29) is 24.3 Å². The lowest BCUT2D eigenvalue weighted by Gasteiger charge is -2.24. The lowest BCUT2D eigenvalue weighted by atomic mass is 9.93. The summed E-state index contributed by atoms with van der Waals surface area (Å²) in [5.74, 6) is 0.411. The van der Waals surface area contributed by atoms with E-state index in [2.05, 4.69) is 34.9 Å². The lowest BCUT2D eigenvalue weighted by Crippen LogP contribution is -2.50. The maximum absolute atomic E-state index is 12.3. The van der Waals surface area contributed by atoms with E-state index in [1.165, 1.54) is 24.8 Å². The second-order valence-electron chi connectivity index (χ2n) is 7.94. The van der Waals surface area contributed by atoms with Crippen LogP contribution in [0.4, 0.5) is 4.79 Å². The Kier molecular flexibility index (Phi) is 5.75. The van der Waals surface area contributed by atoms with Gasteiger partial charge in [-0.2, -0.15) is 0 Å². The average Bonchev–Trinajstić information content (AvgIpc) is 3.25. The van der Waals surface area contributed by atoms with Gasteiger partial charge in [-0.1, -0.05) is 49.6 Å². The minimum absolute atomic E-state index is 0.00659. The van der Waals surface area contributed by atoms with Crippen LogP contribution in [0.15, 0.2) is 30.3 Å². The summed E-state index contributed by atoms with van der Waals surface area (Å²) < 4.78 is 12.0. The molecule has 2 heterocycles. The fourth-order valence-electron chi connectivity index (χ4n) is 4.59. The first kappa shape index (κ1) is 17.8. The molecule has 0 unspecified atom stereocenters. The highest BCUT2D eigenvalue weighted by Gasteiger charge is 2.47. The zero-order valence-corrected chi connectivity index (χ0v) is 15.4. The van der Waals surface area contributed by atoms with Crippen LogP contribution < -0.4 is 10.6 Å². The van der Waals surface area contributed by atoms with E-state index >= 15 is 0 Å². The molecule has 0 spiro atoms. The topological polar surface area (TPSA) is 59.6 Å². The van der Waals surface area contributed by atoms with Crippen molar-refractivity contribution >= 4 is 6.03 Å². The van der Waals surface area contributed by atoms with Gasteiger partial charge in [0.1, 0.15) is 6.10 Å². The second-order valence-corrected chi connectivity index (χ2v) is 7.94. The molecular formula is C21H30N2O3. The predicted octanol–water partition coefficient (Wildman–Crippen LogP) is 3.03. The Hall–Kier alpha value is -1.59. The molecule has 4 rings (SSSR count). The fraction of sp³-hybridized carbons (Fsp3) is 0.667. The molecule has 26 heavy (non-hydrogen) atoms. The van der Waals surface area contributed by atoms with E-state index in [4.69, 9.17) is 9.47 Å². The molecule has 0 radical (unpaired) electrons. The quantitative estimate of drug-likeness (QED) is 0.851. The summed E-state index contributed by atoms with van der Waals surface area (Å²) in [7, 11) is 0. The van der Waals surface area contributed by atoms with Gasteiger partial charge in [0.25, 0.3) is 0 Å². The van der Waals surface area contributed by atoms with Crippen molar-refractivity contribution in [2.75, 3.05) is 13.2 Å². The maximum atomic E-state index is 12.3. The van der Waals surface area contributed by atoms with Gasteiger partial charge in [-0.25, -0.2) is 4.79 Å². The Bertz CT molecular complexity index is 588. The molecule has 4 atom stereocenters. The molecule has 2 aliphatic heterocycles. The molecule has 3 fully saturated rings. The normalized spacial score (nSPS) is 31.5. The Morgan fingerprint density at radius 2 is 1.73 bits per heavy atom. The van der Waals surface area contributed by atoms with Crippen LogP contribution in [-0.2, 0) is 15.9 Å². The number of amides is 2. The van der Waals surface area contributed by atoms with Crippen molar-refractivity contribution < 1.29 is 14.3 Å². The van der Waals surface area contributed by atoms with Gasteiger partial charge in [-0.3, -0.25) is 0 Å². The number of aryl methyl sites for hydroxylation is 1. The van der Waals surface area contributed by atoms with Gasteiger partial charge < -0.3 is 20.1 Å². The third kappa shape index (κ3) is 4.21. The van der Waals surface area contributed by atoms with Gasteiger partial charge in [0.15, 0.2) is 0 Å². The minimum atomic E-state index is -0.0671. The van der Waals surface area contributed by atoms with Crippen LogP contribution in [0.3, 0.4) is 0 Å². The number of nitrogens with one attached hydrogen (secondary N) is 2. The Balaban J connectivity index is 1.24. The first-order valence-corrected chi connectivity index (χ1v) is 10.1. The summed E-state index contributed by atoms with van der Waals surface area (Å²) in [5.41, 5.74) is 1.36. The van der Waals surface area contributed by atoms with Crippen LogP contribution in [0.1, 0.15) is 44.1 Å². The van der Waals surface area contributed by atoms with Crippen molar-refractivity contribution in [3.8, 4) is 0 Å². The number of carbonyl (C=O) groups is 1. The first-order valence-electron chi connectivity index (χ1n) is 10.1. The zero-order chi connectivity index (χ0) is 17.8. The molecule has 2 amide bonds. The molecule has 5 heteroatoms. The molecule has 0 bridgehead atoms. The van der Waals surface area contributed by atoms with Crippen LogP contribution in [0.2, 0.25) is 0 Å². The highest BCUT2D eigenvalue weighted by Crippen LogP contribution is 2.33. The van der Waals surface area contributed by atoms with Crippen molar-refractivity contribution in [3.63, 3.8) is 0 Å². The molecule has 1 saturated carbocycles. The van der Waals surface area contributed by atoms with Crippen LogP contribution in [-0.4, -0.2) is 43.5 Å². The van der Waals surface area contributed by atoms with Gasteiger partial charge in [-0.05, 0) is 31.2 Å². The molecule has 0 aromatic heterocycles. The largest absolute Gasteiger partial charge is 0.373 e. The summed E-state index contributed by atoms with van der Waals surface area (Å²) in [5, 5.41) is 6.21. The molecule has 2 saturated heterocycles. The summed E-state index contributed by atoms with van der Waals surface area (Å²) in [6, 6.07) is 10.8. The summed E-state index contributed by atoms with van der Waals surface area (Å²) in [6.45, 7) is 1.28. The Morgan fingerprint density at radius 3 is 2.54 bits per heavy atom. The van der Waals surface area contributed by atoms with Crippen LogP contribution in [0.25, 0.3) is 0 Å². The van der Waals surface area contributed by atoms with Gasteiger partial charge in [0.05, 0.1) is 25.4 Å². The number of hydrogen-bond donors (Lipinski definition) is 2. The second kappa shape index (κ2) is 8.40. The number of fused-ring (bicyclic) bond motifs is 1. The zero-order valence-electron chi connectivity index (χ0n) is 15.4. The van der Waals surface area contributed by atoms with Crippen molar-refractivity contribution in [1.82, 2.24) is 10.6 Å². The molecule has 2 N–H and O–H groups in total. The van der Waals surface area contributed by atoms with E-state index in [9.17, 15) is 4.79 Å². The lowest BCUT2D eigenvalue weighted by molar-refractivity contribution is 0.0615. The van der Waals surface area contributed by atoms with Gasteiger partial charge in [0, 0.05) is 12.0 Å². The Morgan fingerprint density at radius 1 is 0.962 bits per heavy atom. The van der Waals surface area contributed by atoms with Gasteiger partial charge in [-0.15, -0.1) is 0 Å². The van der Waals surface area contributed by atoms with E-state index in [1.54, 1.807) is 0 Å².